The zero-order valence-corrected chi connectivity index (χ0v) is 5.86. The standard InChI is InChI=1S/C7H10O2/c1-4-5(6(8)9)7(4,2)3/h1-3H3,(H,8,9). The molecular weight excluding hydrogens is 116 g/mol. The number of hydrogen-bond acceptors (Lipinski definition) is 1. The number of aliphatic carboxylic acids is 1. The molecule has 0 saturated heterocycles. The van der Waals surface area contributed by atoms with Crippen LogP contribution in [-0.4, -0.2) is 11.1 Å². The van der Waals surface area contributed by atoms with Gasteiger partial charge in [0.05, 0.1) is 0 Å². The fourth-order valence-electron chi connectivity index (χ4n) is 1.08. The van der Waals surface area contributed by atoms with Crippen molar-refractivity contribution in [1.29, 1.82) is 0 Å². The summed E-state index contributed by atoms with van der Waals surface area (Å²) in [5.74, 6) is -0.766. The van der Waals surface area contributed by atoms with Crippen molar-refractivity contribution in [3.05, 3.63) is 11.1 Å². The van der Waals surface area contributed by atoms with E-state index < -0.39 is 5.97 Å². The molecule has 0 heterocycles. The summed E-state index contributed by atoms with van der Waals surface area (Å²) in [7, 11) is 0. The topological polar surface area (TPSA) is 37.3 Å². The maximum Gasteiger partial charge on any atom is 0.332 e. The van der Waals surface area contributed by atoms with Crippen LogP contribution in [-0.2, 0) is 4.79 Å². The van der Waals surface area contributed by atoms with E-state index in [2.05, 4.69) is 0 Å². The molecule has 0 aromatic rings. The Hall–Kier alpha value is -0.790. The van der Waals surface area contributed by atoms with Crippen LogP contribution >= 0.6 is 0 Å². The molecule has 0 aliphatic heterocycles. The van der Waals surface area contributed by atoms with Crippen LogP contribution in [0.2, 0.25) is 0 Å². The molecule has 1 aliphatic carbocycles. The highest BCUT2D eigenvalue weighted by atomic mass is 16.4. The Balaban J connectivity index is 2.79. The van der Waals surface area contributed by atoms with E-state index in [1.165, 1.54) is 0 Å². The summed E-state index contributed by atoms with van der Waals surface area (Å²) in [5, 5.41) is 8.50. The van der Waals surface area contributed by atoms with Gasteiger partial charge in [-0.15, -0.1) is 0 Å². The van der Waals surface area contributed by atoms with Gasteiger partial charge in [-0.25, -0.2) is 4.79 Å². The van der Waals surface area contributed by atoms with E-state index in [0.717, 1.165) is 5.57 Å². The first-order valence-corrected chi connectivity index (χ1v) is 2.93. The third kappa shape index (κ3) is 0.661. The Bertz CT molecular complexity index is 199. The highest BCUT2D eigenvalue weighted by Crippen LogP contribution is 2.51. The van der Waals surface area contributed by atoms with Crippen molar-refractivity contribution in [3.8, 4) is 0 Å². The summed E-state index contributed by atoms with van der Waals surface area (Å²) in [5.41, 5.74) is 1.48. The fourth-order valence-corrected chi connectivity index (χ4v) is 1.08. The molecule has 1 N–H and O–H groups in total. The van der Waals surface area contributed by atoms with Gasteiger partial charge in [0.2, 0.25) is 0 Å². The molecule has 1 rings (SSSR count). The summed E-state index contributed by atoms with van der Waals surface area (Å²) in [6.07, 6.45) is 0. The van der Waals surface area contributed by atoms with Crippen molar-refractivity contribution in [3.63, 3.8) is 0 Å². The Kier molecular flexibility index (Phi) is 0.969. The maximum atomic E-state index is 10.3. The number of allylic oxidation sites excluding steroid dienone is 1. The normalized spacial score (nSPS) is 22.1. The fraction of sp³-hybridized carbons (Fsp3) is 0.571. The van der Waals surface area contributed by atoms with E-state index in [9.17, 15) is 4.79 Å². The van der Waals surface area contributed by atoms with Gasteiger partial charge in [0.1, 0.15) is 0 Å². The van der Waals surface area contributed by atoms with E-state index in [4.69, 9.17) is 5.11 Å². The van der Waals surface area contributed by atoms with Crippen molar-refractivity contribution >= 4 is 5.97 Å². The molecule has 50 valence electrons. The average Bonchev–Trinajstić information content (AvgIpc) is 2.07. The average molecular weight is 126 g/mol. The lowest BCUT2D eigenvalue weighted by Gasteiger charge is -1.98. The predicted octanol–water partition coefficient (Wildman–Crippen LogP) is 1.43. The highest BCUT2D eigenvalue weighted by molar-refractivity contribution is 5.96. The zero-order valence-electron chi connectivity index (χ0n) is 5.86. The molecule has 1 aliphatic rings. The number of hydrogen-bond donors (Lipinski definition) is 1. The first-order chi connectivity index (χ1) is 3.98. The largest absolute Gasteiger partial charge is 0.478 e. The van der Waals surface area contributed by atoms with Crippen LogP contribution < -0.4 is 0 Å². The molecule has 2 heteroatoms. The van der Waals surface area contributed by atoms with Crippen molar-refractivity contribution < 1.29 is 9.90 Å². The van der Waals surface area contributed by atoms with E-state index in [-0.39, 0.29) is 5.41 Å². The molecule has 0 spiro atoms. The summed E-state index contributed by atoms with van der Waals surface area (Å²) in [6.45, 7) is 5.71. The Morgan fingerprint density at radius 3 is 1.89 bits per heavy atom. The Morgan fingerprint density at radius 2 is 1.89 bits per heavy atom. The predicted molar refractivity (Wildman–Crippen MR) is 34.1 cm³/mol. The van der Waals surface area contributed by atoms with E-state index in [1.807, 2.05) is 20.8 Å². The van der Waals surface area contributed by atoms with Gasteiger partial charge in [0.25, 0.3) is 0 Å². The van der Waals surface area contributed by atoms with E-state index in [0.29, 0.717) is 5.57 Å². The number of rotatable bonds is 1. The third-order valence-electron chi connectivity index (χ3n) is 2.09. The summed E-state index contributed by atoms with van der Waals surface area (Å²) >= 11 is 0. The maximum absolute atomic E-state index is 10.3. The molecule has 0 fully saturated rings. The van der Waals surface area contributed by atoms with Gasteiger partial charge in [-0.1, -0.05) is 19.4 Å². The smallest absolute Gasteiger partial charge is 0.332 e. The molecule has 0 aromatic heterocycles. The second-order valence-electron chi connectivity index (χ2n) is 2.93. The highest BCUT2D eigenvalue weighted by Gasteiger charge is 2.46. The second kappa shape index (κ2) is 1.38. The van der Waals surface area contributed by atoms with E-state index in [1.54, 1.807) is 0 Å². The van der Waals surface area contributed by atoms with Gasteiger partial charge in [-0.2, -0.15) is 0 Å². The second-order valence-corrected chi connectivity index (χ2v) is 2.93. The van der Waals surface area contributed by atoms with E-state index >= 15 is 0 Å². The lowest BCUT2D eigenvalue weighted by molar-refractivity contribution is -0.132. The number of carbonyl (C=O) groups is 1. The van der Waals surface area contributed by atoms with Crippen molar-refractivity contribution in [2.75, 3.05) is 0 Å². The molecule has 2 nitrogen and oxygen atoms in total. The van der Waals surface area contributed by atoms with Gasteiger partial charge in [-0.05, 0) is 6.92 Å². The van der Waals surface area contributed by atoms with Crippen LogP contribution in [0.15, 0.2) is 11.1 Å². The number of carboxylic acids is 1. The van der Waals surface area contributed by atoms with Crippen LogP contribution in [0.3, 0.4) is 0 Å². The van der Waals surface area contributed by atoms with Gasteiger partial charge >= 0.3 is 5.97 Å². The molecule has 0 radical (unpaired) electrons. The minimum absolute atomic E-state index is 0.119. The lowest BCUT2D eigenvalue weighted by Crippen LogP contribution is -2.00. The van der Waals surface area contributed by atoms with Crippen molar-refractivity contribution in [2.24, 2.45) is 5.41 Å². The summed E-state index contributed by atoms with van der Waals surface area (Å²) < 4.78 is 0. The molecule has 0 amide bonds. The minimum atomic E-state index is -0.766. The van der Waals surface area contributed by atoms with Crippen molar-refractivity contribution in [1.82, 2.24) is 0 Å². The monoisotopic (exact) mass is 126 g/mol. The summed E-state index contributed by atoms with van der Waals surface area (Å²) in [4.78, 5) is 10.3. The quantitative estimate of drug-likeness (QED) is 0.577. The number of carboxylic acid groups (broad SMARTS) is 1. The van der Waals surface area contributed by atoms with Gasteiger partial charge < -0.3 is 5.11 Å². The molecule has 0 atom stereocenters. The van der Waals surface area contributed by atoms with Crippen LogP contribution in [0.4, 0.5) is 0 Å². The molecule has 0 unspecified atom stereocenters. The third-order valence-corrected chi connectivity index (χ3v) is 2.09. The van der Waals surface area contributed by atoms with Gasteiger partial charge in [-0.3, -0.25) is 0 Å². The molecular formula is C7H10O2. The van der Waals surface area contributed by atoms with Crippen LogP contribution in [0, 0.1) is 5.41 Å². The lowest BCUT2D eigenvalue weighted by atomic mass is 10.0. The molecule has 0 saturated carbocycles. The van der Waals surface area contributed by atoms with Crippen LogP contribution in [0.1, 0.15) is 20.8 Å². The Labute approximate surface area is 54.2 Å². The SMILES string of the molecule is CC1=C(C(=O)O)C1(C)C. The Morgan fingerprint density at radius 1 is 1.56 bits per heavy atom. The molecule has 9 heavy (non-hydrogen) atoms. The van der Waals surface area contributed by atoms with Crippen LogP contribution in [0.25, 0.3) is 0 Å². The first-order valence-electron chi connectivity index (χ1n) is 2.93. The first kappa shape index (κ1) is 6.33. The van der Waals surface area contributed by atoms with Gasteiger partial charge in [0, 0.05) is 11.0 Å². The van der Waals surface area contributed by atoms with Crippen molar-refractivity contribution in [2.45, 2.75) is 20.8 Å². The minimum Gasteiger partial charge on any atom is -0.478 e. The molecule has 0 aromatic carbocycles. The zero-order chi connectivity index (χ0) is 7.23. The van der Waals surface area contributed by atoms with Crippen LogP contribution in [0.5, 0.6) is 0 Å². The molecule has 0 bridgehead atoms. The van der Waals surface area contributed by atoms with Gasteiger partial charge in [0.15, 0.2) is 0 Å². The summed E-state index contributed by atoms with van der Waals surface area (Å²) in [6, 6.07) is 0.